The van der Waals surface area contributed by atoms with E-state index in [1.54, 1.807) is 0 Å². The molecule has 3 nitrogen and oxygen atoms in total. The van der Waals surface area contributed by atoms with E-state index in [-0.39, 0.29) is 0 Å². The minimum Gasteiger partial charge on any atom is -0.450 e. The molecule has 0 unspecified atom stereocenters. The van der Waals surface area contributed by atoms with Gasteiger partial charge in [-0.15, -0.1) is 0 Å². The molecule has 0 fully saturated rings. The molecule has 0 spiro atoms. The van der Waals surface area contributed by atoms with Crippen molar-refractivity contribution >= 4 is 14.2 Å². The molecule has 0 aromatic rings. The second-order valence-electron chi connectivity index (χ2n) is 4.75. The first-order chi connectivity index (χ1) is 5.61. The van der Waals surface area contributed by atoms with E-state index in [1.807, 2.05) is 13.8 Å². The molecule has 0 rings (SSSR count). The summed E-state index contributed by atoms with van der Waals surface area (Å²) in [5.74, 6) is 0. The summed E-state index contributed by atoms with van der Waals surface area (Å²) in [7, 11) is -1.67. The van der Waals surface area contributed by atoms with Crippen LogP contribution in [-0.2, 0) is 4.74 Å². The lowest BCUT2D eigenvalue weighted by molar-refractivity contribution is 0.0408. The average Bonchev–Trinajstić information content (AvgIpc) is 1.83. The summed E-state index contributed by atoms with van der Waals surface area (Å²) in [6.45, 7) is 12.3. The van der Waals surface area contributed by atoms with Crippen LogP contribution in [0.2, 0.25) is 18.6 Å². The predicted octanol–water partition coefficient (Wildman–Crippen LogP) is 3.12. The third kappa shape index (κ3) is 2.72. The highest BCUT2D eigenvalue weighted by atomic mass is 28.3. The minimum atomic E-state index is -1.67. The van der Waals surface area contributed by atoms with Crippen LogP contribution >= 0.6 is 0 Å². The van der Waals surface area contributed by atoms with E-state index in [9.17, 15) is 4.79 Å². The van der Waals surface area contributed by atoms with Crippen LogP contribution in [0, 0.1) is 0 Å². The van der Waals surface area contributed by atoms with Gasteiger partial charge in [-0.2, -0.15) is 0 Å². The minimum absolute atomic E-state index is 0.502. The molecule has 0 bridgehead atoms. The van der Waals surface area contributed by atoms with Gasteiger partial charge in [-0.1, -0.05) is 26.9 Å². The lowest BCUT2D eigenvalue weighted by atomic mass is 10.4. The smallest absolute Gasteiger partial charge is 0.450 e. The summed E-state index contributed by atoms with van der Waals surface area (Å²) < 4.78 is 4.94. The highest BCUT2D eigenvalue weighted by Crippen LogP contribution is 2.33. The Labute approximate surface area is 81.1 Å². The number of carbonyl (C=O) groups is 1. The van der Waals surface area contributed by atoms with Crippen molar-refractivity contribution in [1.82, 2.24) is 0 Å². The highest BCUT2D eigenvalue weighted by molar-refractivity contribution is 6.81. The second kappa shape index (κ2) is 3.70. The zero-order valence-corrected chi connectivity index (χ0v) is 10.3. The summed E-state index contributed by atoms with van der Waals surface area (Å²) in [4.78, 5) is 10.5. The van der Waals surface area contributed by atoms with Crippen molar-refractivity contribution in [3.63, 3.8) is 0 Å². The van der Waals surface area contributed by atoms with Gasteiger partial charge in [-0.05, 0) is 19.4 Å². The van der Waals surface area contributed by atoms with Crippen molar-refractivity contribution in [2.45, 2.75) is 51.6 Å². The Bertz CT molecular complexity index is 197. The van der Waals surface area contributed by atoms with Crippen molar-refractivity contribution in [2.75, 3.05) is 0 Å². The molecule has 0 amide bonds. The molecular weight excluding hydrogens is 184 g/mol. The topological polar surface area (TPSA) is 46.5 Å². The molecule has 0 saturated carbocycles. The van der Waals surface area contributed by atoms with Gasteiger partial charge in [0.25, 0.3) is 0 Å². The van der Waals surface area contributed by atoms with Gasteiger partial charge >= 0.3 is 6.16 Å². The summed E-state index contributed by atoms with van der Waals surface area (Å²) in [5.41, 5.74) is 0.502. The van der Waals surface area contributed by atoms with Gasteiger partial charge < -0.3 is 9.84 Å². The third-order valence-electron chi connectivity index (χ3n) is 3.34. The number of rotatable bonds is 3. The van der Waals surface area contributed by atoms with E-state index < -0.39 is 19.5 Å². The molecule has 78 valence electrons. The number of hydrogen-bond acceptors (Lipinski definition) is 2. The summed E-state index contributed by atoms with van der Waals surface area (Å²) in [6.07, 6.45) is -1.17. The molecule has 0 heterocycles. The molecule has 4 heteroatoms. The maximum atomic E-state index is 10.5. The molecule has 0 saturated heterocycles. The van der Waals surface area contributed by atoms with Crippen LogP contribution in [0.1, 0.15) is 27.7 Å². The highest BCUT2D eigenvalue weighted by Gasteiger charge is 2.44. The van der Waals surface area contributed by atoms with Crippen molar-refractivity contribution in [1.29, 1.82) is 0 Å². The van der Waals surface area contributed by atoms with E-state index in [2.05, 4.69) is 26.9 Å². The maximum Gasteiger partial charge on any atom is 0.505 e. The Balaban J connectivity index is 4.70. The zero-order valence-electron chi connectivity index (χ0n) is 9.34. The van der Waals surface area contributed by atoms with E-state index in [1.165, 1.54) is 0 Å². The Morgan fingerprint density at radius 1 is 1.38 bits per heavy atom. The van der Waals surface area contributed by atoms with Crippen molar-refractivity contribution in [2.24, 2.45) is 0 Å². The fourth-order valence-corrected chi connectivity index (χ4v) is 2.79. The van der Waals surface area contributed by atoms with Crippen molar-refractivity contribution in [3.8, 4) is 0 Å². The number of hydrogen-bond donors (Lipinski definition) is 1. The first kappa shape index (κ1) is 12.5. The van der Waals surface area contributed by atoms with Crippen molar-refractivity contribution < 1.29 is 14.6 Å². The van der Waals surface area contributed by atoms with Crippen LogP contribution in [0.4, 0.5) is 4.79 Å². The van der Waals surface area contributed by atoms with Crippen LogP contribution in [0.25, 0.3) is 0 Å². The molecule has 0 aliphatic rings. The quantitative estimate of drug-likeness (QED) is 0.567. The van der Waals surface area contributed by atoms with Crippen LogP contribution in [0.5, 0.6) is 0 Å². The van der Waals surface area contributed by atoms with Gasteiger partial charge in [0.05, 0.1) is 5.22 Å². The first-order valence-electron chi connectivity index (χ1n) is 4.53. The van der Waals surface area contributed by atoms with Crippen LogP contribution in [0.15, 0.2) is 0 Å². The van der Waals surface area contributed by atoms with E-state index in [4.69, 9.17) is 9.84 Å². The lowest BCUT2D eigenvalue weighted by Gasteiger charge is -2.41. The Morgan fingerprint density at radius 2 is 1.77 bits per heavy atom. The van der Waals surface area contributed by atoms with Gasteiger partial charge in [-0.25, -0.2) is 4.79 Å². The van der Waals surface area contributed by atoms with Gasteiger partial charge in [0.1, 0.15) is 8.07 Å². The molecule has 0 radical (unpaired) electrons. The monoisotopic (exact) mass is 204 g/mol. The third-order valence-corrected chi connectivity index (χ3v) is 9.43. The fraction of sp³-hybridized carbons (Fsp3) is 0.889. The Kier molecular flexibility index (Phi) is 3.55. The maximum absolute atomic E-state index is 10.5. The summed E-state index contributed by atoms with van der Waals surface area (Å²) in [5, 5.41) is 8.07. The molecule has 1 N–H and O–H groups in total. The largest absolute Gasteiger partial charge is 0.505 e. The molecule has 0 aromatic carbocycles. The fourth-order valence-electron chi connectivity index (χ4n) is 1.05. The predicted molar refractivity (Wildman–Crippen MR) is 55.8 cm³/mol. The summed E-state index contributed by atoms with van der Waals surface area (Å²) in [6, 6.07) is 0. The lowest BCUT2D eigenvalue weighted by Crippen LogP contribution is -2.54. The van der Waals surface area contributed by atoms with E-state index in [0.29, 0.717) is 5.54 Å². The SMILES string of the molecule is CC(C)[Si](C)(C)C(C)(C)OC(=O)O. The number of ether oxygens (including phenoxy) is 1. The molecular formula is C9H20O3Si. The Morgan fingerprint density at radius 3 is 2.00 bits per heavy atom. The normalized spacial score (nSPS) is 13.2. The number of carboxylic acid groups (broad SMARTS) is 1. The Hall–Kier alpha value is -0.513. The molecule has 0 aliphatic carbocycles. The van der Waals surface area contributed by atoms with E-state index in [0.717, 1.165) is 0 Å². The van der Waals surface area contributed by atoms with Gasteiger partial charge in [-0.3, -0.25) is 0 Å². The van der Waals surface area contributed by atoms with E-state index >= 15 is 0 Å². The van der Waals surface area contributed by atoms with Crippen molar-refractivity contribution in [3.05, 3.63) is 0 Å². The van der Waals surface area contributed by atoms with Gasteiger partial charge in [0, 0.05) is 0 Å². The average molecular weight is 204 g/mol. The van der Waals surface area contributed by atoms with Crippen LogP contribution in [0.3, 0.4) is 0 Å². The van der Waals surface area contributed by atoms with Crippen LogP contribution < -0.4 is 0 Å². The zero-order chi connectivity index (χ0) is 10.9. The van der Waals surface area contributed by atoms with Gasteiger partial charge in [0.15, 0.2) is 0 Å². The molecule has 13 heavy (non-hydrogen) atoms. The molecule has 0 atom stereocenters. The standard InChI is InChI=1S/C9H20O3Si/c1-7(2)13(5,6)9(3,4)12-8(10)11/h7H,1-6H3,(H,10,11). The second-order valence-corrected chi connectivity index (χ2v) is 10.6. The van der Waals surface area contributed by atoms with Crippen LogP contribution in [-0.4, -0.2) is 24.6 Å². The molecule has 0 aromatic heterocycles. The molecule has 0 aliphatic heterocycles. The summed E-state index contributed by atoms with van der Waals surface area (Å²) >= 11 is 0. The first-order valence-corrected chi connectivity index (χ1v) is 7.61. The van der Waals surface area contributed by atoms with Gasteiger partial charge in [0.2, 0.25) is 0 Å².